The van der Waals surface area contributed by atoms with E-state index in [2.05, 4.69) is 0 Å². The zero-order valence-corrected chi connectivity index (χ0v) is 12.6. The van der Waals surface area contributed by atoms with Gasteiger partial charge in [0.25, 0.3) is 5.78 Å². The molecule has 0 aliphatic carbocycles. The lowest BCUT2D eigenvalue weighted by atomic mass is 9.94. The lowest BCUT2D eigenvalue weighted by Gasteiger charge is -2.21. The third-order valence-electron chi connectivity index (χ3n) is 4.30. The van der Waals surface area contributed by atoms with E-state index in [-0.39, 0.29) is 22.8 Å². The largest absolute Gasteiger partial charge is 0.507 e. The van der Waals surface area contributed by atoms with Crippen molar-refractivity contribution in [1.82, 2.24) is 0 Å². The summed E-state index contributed by atoms with van der Waals surface area (Å²) in [7, 11) is 0. The second-order valence-corrected chi connectivity index (χ2v) is 6.05. The van der Waals surface area contributed by atoms with E-state index >= 15 is 0 Å². The SMILES string of the molecule is CC(C)c1ccc2c(c1)OC1(OC(=O)c3cccc(O)c31)C2=O. The van der Waals surface area contributed by atoms with Crippen LogP contribution in [0.3, 0.4) is 0 Å². The predicted octanol–water partition coefficient (Wildman–Crippen LogP) is 3.11. The molecule has 0 fully saturated rings. The van der Waals surface area contributed by atoms with Gasteiger partial charge in [-0.3, -0.25) is 4.79 Å². The summed E-state index contributed by atoms with van der Waals surface area (Å²) in [5.41, 5.74) is 1.58. The van der Waals surface area contributed by atoms with E-state index in [1.165, 1.54) is 18.2 Å². The van der Waals surface area contributed by atoms with Gasteiger partial charge in [-0.15, -0.1) is 0 Å². The van der Waals surface area contributed by atoms with Crippen molar-refractivity contribution in [3.05, 3.63) is 58.7 Å². The quantitative estimate of drug-likeness (QED) is 0.819. The number of ketones is 1. The normalized spacial score (nSPS) is 21.3. The van der Waals surface area contributed by atoms with E-state index in [1.807, 2.05) is 19.9 Å². The van der Waals surface area contributed by atoms with E-state index < -0.39 is 17.5 Å². The van der Waals surface area contributed by atoms with Crippen LogP contribution >= 0.6 is 0 Å². The molecule has 2 aliphatic heterocycles. The molecule has 1 unspecified atom stereocenters. The number of ether oxygens (including phenoxy) is 2. The zero-order valence-electron chi connectivity index (χ0n) is 12.6. The Morgan fingerprint density at radius 2 is 1.83 bits per heavy atom. The second kappa shape index (κ2) is 4.35. The molecule has 0 radical (unpaired) electrons. The zero-order chi connectivity index (χ0) is 16.4. The maximum atomic E-state index is 12.8. The Morgan fingerprint density at radius 1 is 1.04 bits per heavy atom. The lowest BCUT2D eigenvalue weighted by molar-refractivity contribution is -0.0986. The molecule has 0 bridgehead atoms. The van der Waals surface area contributed by atoms with Crippen molar-refractivity contribution in [3.63, 3.8) is 0 Å². The number of aromatic hydroxyl groups is 1. The van der Waals surface area contributed by atoms with Crippen molar-refractivity contribution in [2.45, 2.75) is 25.6 Å². The average molecular weight is 310 g/mol. The van der Waals surface area contributed by atoms with E-state index in [9.17, 15) is 14.7 Å². The number of benzene rings is 2. The number of carbonyl (C=O) groups excluding carboxylic acids is 2. The van der Waals surface area contributed by atoms with E-state index in [1.54, 1.807) is 12.1 Å². The summed E-state index contributed by atoms with van der Waals surface area (Å²) in [5.74, 6) is -2.63. The molecule has 2 heterocycles. The molecular formula is C18H14O5. The minimum atomic E-state index is -1.91. The summed E-state index contributed by atoms with van der Waals surface area (Å²) in [6.45, 7) is 4.07. The molecule has 0 amide bonds. The highest BCUT2D eigenvalue weighted by Gasteiger charge is 2.60. The summed E-state index contributed by atoms with van der Waals surface area (Å²) < 4.78 is 11.1. The topological polar surface area (TPSA) is 72.8 Å². The molecule has 0 saturated carbocycles. The fraction of sp³-hybridized carbons (Fsp3) is 0.222. The van der Waals surface area contributed by atoms with Crippen LogP contribution < -0.4 is 4.74 Å². The van der Waals surface area contributed by atoms with Gasteiger partial charge >= 0.3 is 11.8 Å². The molecule has 2 aliphatic rings. The first-order valence-corrected chi connectivity index (χ1v) is 7.37. The molecule has 2 aromatic carbocycles. The number of hydrogen-bond donors (Lipinski definition) is 1. The van der Waals surface area contributed by atoms with Gasteiger partial charge in [0, 0.05) is 0 Å². The van der Waals surface area contributed by atoms with Crippen LogP contribution in [-0.4, -0.2) is 16.9 Å². The highest BCUT2D eigenvalue weighted by Crippen LogP contribution is 2.50. The third kappa shape index (κ3) is 1.67. The standard InChI is InChI=1S/C18H14O5/c1-9(2)10-6-7-11-14(8-10)22-18(16(11)20)15-12(17(21)23-18)4-3-5-13(15)19/h3-9,19H,1-2H3. The molecular weight excluding hydrogens is 296 g/mol. The molecule has 2 aromatic rings. The predicted molar refractivity (Wildman–Crippen MR) is 80.7 cm³/mol. The number of hydrogen-bond acceptors (Lipinski definition) is 5. The lowest BCUT2D eigenvalue weighted by Crippen LogP contribution is -2.37. The number of rotatable bonds is 1. The Kier molecular flexibility index (Phi) is 2.61. The van der Waals surface area contributed by atoms with Crippen molar-refractivity contribution < 1.29 is 24.2 Å². The number of fused-ring (bicyclic) bond motifs is 3. The number of phenols is 1. The Morgan fingerprint density at radius 3 is 2.57 bits per heavy atom. The smallest absolute Gasteiger partial charge is 0.351 e. The maximum Gasteiger partial charge on any atom is 0.351 e. The number of carbonyl (C=O) groups is 2. The summed E-state index contributed by atoms with van der Waals surface area (Å²) in [6.07, 6.45) is 0. The number of esters is 1. The maximum absolute atomic E-state index is 12.8. The molecule has 1 spiro atoms. The van der Waals surface area contributed by atoms with Crippen molar-refractivity contribution in [1.29, 1.82) is 0 Å². The highest BCUT2D eigenvalue weighted by atomic mass is 16.7. The van der Waals surface area contributed by atoms with Crippen LogP contribution in [0.25, 0.3) is 0 Å². The first-order chi connectivity index (χ1) is 10.9. The fourth-order valence-corrected chi connectivity index (χ4v) is 3.07. The van der Waals surface area contributed by atoms with E-state index in [0.29, 0.717) is 11.3 Å². The van der Waals surface area contributed by atoms with Crippen LogP contribution in [0, 0.1) is 0 Å². The van der Waals surface area contributed by atoms with E-state index in [0.717, 1.165) is 5.56 Å². The monoisotopic (exact) mass is 310 g/mol. The van der Waals surface area contributed by atoms with E-state index in [4.69, 9.17) is 9.47 Å². The average Bonchev–Trinajstić information content (AvgIpc) is 2.95. The first-order valence-electron chi connectivity index (χ1n) is 7.37. The van der Waals surface area contributed by atoms with Crippen LogP contribution in [0.15, 0.2) is 36.4 Å². The summed E-state index contributed by atoms with van der Waals surface area (Å²) in [5, 5.41) is 10.1. The van der Waals surface area contributed by atoms with Gasteiger partial charge in [0.05, 0.1) is 11.1 Å². The molecule has 4 rings (SSSR count). The van der Waals surface area contributed by atoms with Crippen LogP contribution in [0.5, 0.6) is 11.5 Å². The molecule has 23 heavy (non-hydrogen) atoms. The van der Waals surface area contributed by atoms with Gasteiger partial charge in [-0.1, -0.05) is 26.0 Å². The van der Waals surface area contributed by atoms with Crippen molar-refractivity contribution in [2.24, 2.45) is 0 Å². The van der Waals surface area contributed by atoms with Crippen LogP contribution in [0.2, 0.25) is 0 Å². The van der Waals surface area contributed by atoms with Crippen molar-refractivity contribution in [3.8, 4) is 11.5 Å². The second-order valence-electron chi connectivity index (χ2n) is 6.05. The fourth-order valence-electron chi connectivity index (χ4n) is 3.07. The molecule has 1 N–H and O–H groups in total. The summed E-state index contributed by atoms with van der Waals surface area (Å²) >= 11 is 0. The van der Waals surface area contributed by atoms with Crippen LogP contribution in [0.1, 0.15) is 51.6 Å². The first kappa shape index (κ1) is 13.8. The number of phenolic OH excluding ortho intramolecular Hbond substituents is 1. The Balaban J connectivity index is 1.91. The molecule has 5 nitrogen and oxygen atoms in total. The highest BCUT2D eigenvalue weighted by molar-refractivity contribution is 6.12. The molecule has 116 valence electrons. The van der Waals surface area contributed by atoms with Crippen molar-refractivity contribution in [2.75, 3.05) is 0 Å². The minimum absolute atomic E-state index is 0.0808. The summed E-state index contributed by atoms with van der Waals surface area (Å²) in [6, 6.07) is 9.74. The van der Waals surface area contributed by atoms with Gasteiger partial charge in [-0.2, -0.15) is 0 Å². The Bertz CT molecular complexity index is 868. The molecule has 0 saturated heterocycles. The van der Waals surface area contributed by atoms with Gasteiger partial charge in [-0.25, -0.2) is 4.79 Å². The van der Waals surface area contributed by atoms with Crippen molar-refractivity contribution >= 4 is 11.8 Å². The summed E-state index contributed by atoms with van der Waals surface area (Å²) in [4.78, 5) is 24.9. The Hall–Kier alpha value is -2.82. The van der Waals surface area contributed by atoms with Gasteiger partial charge < -0.3 is 14.6 Å². The van der Waals surface area contributed by atoms with Gasteiger partial charge in [-0.05, 0) is 35.7 Å². The molecule has 1 atom stereocenters. The molecule has 5 heteroatoms. The van der Waals surface area contributed by atoms with Crippen LogP contribution in [0.4, 0.5) is 0 Å². The van der Waals surface area contributed by atoms with Crippen LogP contribution in [-0.2, 0) is 10.5 Å². The third-order valence-corrected chi connectivity index (χ3v) is 4.30. The number of Topliss-reactive ketones (excluding diaryl/α,β-unsaturated/α-hetero) is 1. The van der Waals surface area contributed by atoms with Gasteiger partial charge in [0.1, 0.15) is 17.1 Å². The molecule has 0 aromatic heterocycles. The van der Waals surface area contributed by atoms with Gasteiger partial charge in [0.2, 0.25) is 0 Å². The minimum Gasteiger partial charge on any atom is -0.507 e. The van der Waals surface area contributed by atoms with Gasteiger partial charge in [0.15, 0.2) is 0 Å². The Labute approximate surface area is 132 Å².